The molecule has 0 spiro atoms. The molecule has 11 heteroatoms. The maximum atomic E-state index is 14.0. The first-order chi connectivity index (χ1) is 18.2. The van der Waals surface area contributed by atoms with Crippen molar-refractivity contribution in [1.29, 1.82) is 0 Å². The number of aromatic nitrogens is 1. The molecule has 0 saturated heterocycles. The Kier molecular flexibility index (Phi) is 8.22. The van der Waals surface area contributed by atoms with E-state index in [0.717, 1.165) is 19.4 Å². The Balaban J connectivity index is 1.70. The number of nitrogens with one attached hydrogen (secondary N) is 2. The van der Waals surface area contributed by atoms with E-state index in [-0.39, 0.29) is 6.54 Å². The van der Waals surface area contributed by atoms with Crippen LogP contribution in [-0.4, -0.2) is 40.8 Å². The third-order valence-electron chi connectivity index (χ3n) is 5.59. The lowest BCUT2D eigenvalue weighted by Crippen LogP contribution is -2.51. The predicted molar refractivity (Wildman–Crippen MR) is 137 cm³/mol. The largest absolute Gasteiger partial charge is 0.455 e. The van der Waals surface area contributed by atoms with Crippen LogP contribution in [0.25, 0.3) is 0 Å². The van der Waals surface area contributed by atoms with Crippen LogP contribution in [0.2, 0.25) is 5.02 Å². The Morgan fingerprint density at radius 2 is 1.66 bits per heavy atom. The lowest BCUT2D eigenvalue weighted by atomic mass is 9.95. The number of benzene rings is 2. The molecule has 3 atom stereocenters. The number of carbonyl (C=O) groups is 4. The highest BCUT2D eigenvalue weighted by Crippen LogP contribution is 2.42. The van der Waals surface area contributed by atoms with Crippen LogP contribution in [0, 0.1) is 0 Å². The first kappa shape index (κ1) is 26.6. The SMILES string of the molecule is CC(=O)O[C@@H](C(=O)NCc1ccncc1)[C@@H](OC(C)=O)C(=O)C1Nc2cc(Cl)ccc2Oc2ccccc21. The van der Waals surface area contributed by atoms with E-state index < -0.39 is 41.9 Å². The fraction of sp³-hybridized carbons (Fsp3) is 0.222. The molecule has 2 N–H and O–H groups in total. The molecule has 2 heterocycles. The third kappa shape index (κ3) is 6.27. The summed E-state index contributed by atoms with van der Waals surface area (Å²) < 4.78 is 16.6. The topological polar surface area (TPSA) is 133 Å². The van der Waals surface area contributed by atoms with Crippen molar-refractivity contribution in [2.45, 2.75) is 38.6 Å². The van der Waals surface area contributed by atoms with Crippen LogP contribution in [0.5, 0.6) is 11.5 Å². The summed E-state index contributed by atoms with van der Waals surface area (Å²) in [6.45, 7) is 2.24. The summed E-state index contributed by atoms with van der Waals surface area (Å²) >= 11 is 6.17. The van der Waals surface area contributed by atoms with Crippen LogP contribution >= 0.6 is 11.6 Å². The maximum Gasteiger partial charge on any atom is 0.303 e. The Labute approximate surface area is 223 Å². The van der Waals surface area contributed by atoms with Gasteiger partial charge in [-0.3, -0.25) is 24.2 Å². The second-order valence-corrected chi connectivity index (χ2v) is 8.83. The molecule has 1 amide bonds. The van der Waals surface area contributed by atoms with Crippen molar-refractivity contribution in [2.24, 2.45) is 0 Å². The minimum Gasteiger partial charge on any atom is -0.455 e. The standard InChI is InChI=1S/C27H24ClN3O7/c1-15(32)36-25(26(37-16(2)33)27(35)30-14-17-9-11-29-12-10-17)24(34)23-19-5-3-4-6-21(19)38-22-8-7-18(28)13-20(22)31-23/h3-13,23,25-26,31H,14H2,1-2H3,(H,30,35)/t23?,25-,26+/m0/s1. The second kappa shape index (κ2) is 11.7. The number of fused-ring (bicyclic) bond motifs is 2. The summed E-state index contributed by atoms with van der Waals surface area (Å²) in [5.41, 5.74) is 1.54. The number of nitrogens with zero attached hydrogens (tertiary/aromatic N) is 1. The molecular formula is C27H24ClN3O7. The van der Waals surface area contributed by atoms with Gasteiger partial charge in [-0.15, -0.1) is 0 Å². The number of pyridine rings is 1. The van der Waals surface area contributed by atoms with E-state index in [0.29, 0.717) is 27.8 Å². The summed E-state index contributed by atoms with van der Waals surface area (Å²) in [6, 6.07) is 13.9. The van der Waals surface area contributed by atoms with Gasteiger partial charge in [-0.1, -0.05) is 29.8 Å². The highest BCUT2D eigenvalue weighted by Gasteiger charge is 2.44. The van der Waals surface area contributed by atoms with Crippen molar-refractivity contribution in [3.05, 3.63) is 83.1 Å². The van der Waals surface area contributed by atoms with Crippen LogP contribution in [0.4, 0.5) is 5.69 Å². The van der Waals surface area contributed by atoms with Gasteiger partial charge in [0.1, 0.15) is 11.8 Å². The van der Waals surface area contributed by atoms with E-state index in [1.54, 1.807) is 67.0 Å². The second-order valence-electron chi connectivity index (χ2n) is 8.39. The summed E-state index contributed by atoms with van der Waals surface area (Å²) in [6.07, 6.45) is -0.433. The third-order valence-corrected chi connectivity index (χ3v) is 5.83. The highest BCUT2D eigenvalue weighted by molar-refractivity contribution is 6.31. The molecule has 0 radical (unpaired) electrons. The molecule has 1 aliphatic heterocycles. The molecule has 0 aliphatic carbocycles. The fourth-order valence-electron chi connectivity index (χ4n) is 3.93. The van der Waals surface area contributed by atoms with E-state index >= 15 is 0 Å². The van der Waals surface area contributed by atoms with Crippen molar-refractivity contribution in [2.75, 3.05) is 5.32 Å². The van der Waals surface area contributed by atoms with Crippen molar-refractivity contribution >= 4 is 40.9 Å². The normalized spacial score (nSPS) is 15.2. The summed E-state index contributed by atoms with van der Waals surface area (Å²) in [4.78, 5) is 55.2. The van der Waals surface area contributed by atoms with Crippen molar-refractivity contribution in [1.82, 2.24) is 10.3 Å². The molecule has 1 aliphatic rings. The molecule has 0 fully saturated rings. The summed E-state index contributed by atoms with van der Waals surface area (Å²) in [5.74, 6) is -2.47. The van der Waals surface area contributed by atoms with Gasteiger partial charge in [0.15, 0.2) is 5.75 Å². The number of ether oxygens (including phenoxy) is 3. The number of ketones is 1. The number of para-hydroxylation sites is 1. The first-order valence-corrected chi connectivity index (χ1v) is 12.0. The quantitative estimate of drug-likeness (QED) is 0.412. The number of hydrogen-bond donors (Lipinski definition) is 2. The predicted octanol–water partition coefficient (Wildman–Crippen LogP) is 3.74. The molecule has 38 heavy (non-hydrogen) atoms. The molecule has 3 aromatic rings. The lowest BCUT2D eigenvalue weighted by Gasteiger charge is -2.28. The number of anilines is 1. The van der Waals surface area contributed by atoms with Crippen molar-refractivity contribution in [3.8, 4) is 11.5 Å². The zero-order chi connectivity index (χ0) is 27.2. The lowest BCUT2D eigenvalue weighted by molar-refractivity contribution is -0.174. The summed E-state index contributed by atoms with van der Waals surface area (Å²) in [5, 5.41) is 6.10. The molecule has 10 nitrogen and oxygen atoms in total. The number of halogens is 1. The van der Waals surface area contributed by atoms with Crippen molar-refractivity contribution < 1.29 is 33.4 Å². The Hall–Kier alpha value is -4.44. The Bertz CT molecular complexity index is 1370. The molecule has 1 aromatic heterocycles. The molecule has 0 saturated carbocycles. The molecule has 4 rings (SSSR count). The zero-order valence-corrected chi connectivity index (χ0v) is 21.2. The van der Waals surface area contributed by atoms with Crippen LogP contribution in [0.3, 0.4) is 0 Å². The number of rotatable bonds is 8. The number of amides is 1. The molecule has 1 unspecified atom stereocenters. The van der Waals surface area contributed by atoms with Gasteiger partial charge in [-0.2, -0.15) is 0 Å². The molecule has 2 aromatic carbocycles. The number of Topliss-reactive ketones (excluding diaryl/α,β-unsaturated/α-hetero) is 1. The van der Waals surface area contributed by atoms with Gasteiger partial charge >= 0.3 is 11.9 Å². The number of hydrogen-bond acceptors (Lipinski definition) is 9. The van der Waals surface area contributed by atoms with Gasteiger partial charge in [0.25, 0.3) is 5.91 Å². The maximum absolute atomic E-state index is 14.0. The summed E-state index contributed by atoms with van der Waals surface area (Å²) in [7, 11) is 0. The van der Waals surface area contributed by atoms with E-state index in [4.69, 9.17) is 25.8 Å². The number of carbonyl (C=O) groups excluding carboxylic acids is 4. The Morgan fingerprint density at radius 1 is 0.974 bits per heavy atom. The molecule has 0 bridgehead atoms. The van der Waals surface area contributed by atoms with Crippen molar-refractivity contribution in [3.63, 3.8) is 0 Å². The minimum absolute atomic E-state index is 0.0598. The van der Waals surface area contributed by atoms with Gasteiger partial charge in [0.05, 0.1) is 5.69 Å². The van der Waals surface area contributed by atoms with Crippen LogP contribution in [0.1, 0.15) is 31.0 Å². The number of esters is 2. The van der Waals surface area contributed by atoms with Gasteiger partial charge < -0.3 is 24.8 Å². The minimum atomic E-state index is -1.78. The Morgan fingerprint density at radius 3 is 2.37 bits per heavy atom. The van der Waals surface area contributed by atoms with E-state index in [2.05, 4.69) is 15.6 Å². The van der Waals surface area contributed by atoms with Crippen LogP contribution < -0.4 is 15.4 Å². The van der Waals surface area contributed by atoms with Gasteiger partial charge in [0.2, 0.25) is 18.0 Å². The molecule has 196 valence electrons. The first-order valence-electron chi connectivity index (χ1n) is 11.6. The monoisotopic (exact) mass is 537 g/mol. The van der Waals surface area contributed by atoms with Crippen LogP contribution in [-0.2, 0) is 35.2 Å². The zero-order valence-electron chi connectivity index (χ0n) is 20.5. The van der Waals surface area contributed by atoms with E-state index in [9.17, 15) is 19.2 Å². The van der Waals surface area contributed by atoms with E-state index in [1.165, 1.54) is 0 Å². The van der Waals surface area contributed by atoms with Gasteiger partial charge in [-0.05, 0) is 42.0 Å². The molecular weight excluding hydrogens is 514 g/mol. The van der Waals surface area contributed by atoms with Crippen LogP contribution in [0.15, 0.2) is 67.0 Å². The smallest absolute Gasteiger partial charge is 0.303 e. The average Bonchev–Trinajstić information content (AvgIpc) is 3.05. The highest BCUT2D eigenvalue weighted by atomic mass is 35.5. The fourth-order valence-corrected chi connectivity index (χ4v) is 4.10. The van der Waals surface area contributed by atoms with Gasteiger partial charge in [-0.25, -0.2) is 0 Å². The van der Waals surface area contributed by atoms with E-state index in [1.807, 2.05) is 0 Å². The van der Waals surface area contributed by atoms with Gasteiger partial charge in [0, 0.05) is 43.4 Å². The average molecular weight is 538 g/mol.